The van der Waals surface area contributed by atoms with Gasteiger partial charge in [-0.2, -0.15) is 5.26 Å². The molecule has 0 aliphatic rings. The number of rotatable bonds is 10. The van der Waals surface area contributed by atoms with Crippen molar-refractivity contribution in [2.45, 2.75) is 12.5 Å². The second kappa shape index (κ2) is 10.1. The van der Waals surface area contributed by atoms with Gasteiger partial charge in [-0.05, 0) is 18.6 Å². The number of aromatic nitrogens is 1. The van der Waals surface area contributed by atoms with Crippen molar-refractivity contribution in [1.82, 2.24) is 4.57 Å². The highest BCUT2D eigenvalue weighted by Crippen LogP contribution is 2.26. The molecular weight excluding hydrogens is 394 g/mol. The average Bonchev–Trinajstić information content (AvgIpc) is 3.10. The molecule has 29 heavy (non-hydrogen) atoms. The molecule has 0 spiro atoms. The summed E-state index contributed by atoms with van der Waals surface area (Å²) < 4.78 is 28.3. The summed E-state index contributed by atoms with van der Waals surface area (Å²) in [6, 6.07) is 9.70. The monoisotopic (exact) mass is 419 g/mol. The van der Waals surface area contributed by atoms with E-state index in [-0.39, 0.29) is 16.9 Å². The van der Waals surface area contributed by atoms with Crippen LogP contribution in [0.5, 0.6) is 5.75 Å². The minimum Gasteiger partial charge on any atom is -0.494 e. The molecule has 1 aromatic heterocycles. The number of carbonyl (C=O) groups is 1. The van der Waals surface area contributed by atoms with E-state index in [0.717, 1.165) is 0 Å². The van der Waals surface area contributed by atoms with E-state index in [1.54, 1.807) is 45.6 Å². The van der Waals surface area contributed by atoms with Crippen molar-refractivity contribution in [3.05, 3.63) is 41.7 Å². The van der Waals surface area contributed by atoms with E-state index in [2.05, 4.69) is 0 Å². The Hall–Kier alpha value is -2.84. The number of anilines is 1. The lowest BCUT2D eigenvalue weighted by Gasteiger charge is -2.24. The summed E-state index contributed by atoms with van der Waals surface area (Å²) in [4.78, 5) is 12.1. The van der Waals surface area contributed by atoms with Gasteiger partial charge in [0, 0.05) is 45.3 Å². The van der Waals surface area contributed by atoms with Gasteiger partial charge >= 0.3 is 14.8 Å². The predicted molar refractivity (Wildman–Crippen MR) is 108 cm³/mol. The summed E-state index contributed by atoms with van der Waals surface area (Å²) in [7, 11) is 3.34. The standard InChI is InChI=1S/C19H25N3O6Si/c1-24-19(23)18-17(21)14(12-20)13-22(18)15-7-5-8-16(11-15)28-9-6-10-29(25-2,26-3)27-4/h5,7-8,11,13H,6,9-10,21H2,1-4H3. The lowest BCUT2D eigenvalue weighted by Crippen LogP contribution is -2.42. The molecule has 0 radical (unpaired) electrons. The lowest BCUT2D eigenvalue weighted by molar-refractivity contribution is 0.0593. The molecule has 1 heterocycles. The summed E-state index contributed by atoms with van der Waals surface area (Å²) in [5.41, 5.74) is 6.91. The summed E-state index contributed by atoms with van der Waals surface area (Å²) in [6.45, 7) is 0.426. The Morgan fingerprint density at radius 3 is 2.48 bits per heavy atom. The number of esters is 1. The van der Waals surface area contributed by atoms with Gasteiger partial charge in [-0.1, -0.05) is 6.07 Å². The second-order valence-electron chi connectivity index (χ2n) is 6.02. The molecule has 2 aromatic rings. The highest BCUT2D eigenvalue weighted by molar-refractivity contribution is 6.60. The first-order chi connectivity index (χ1) is 13.9. The van der Waals surface area contributed by atoms with Crippen LogP contribution in [0.25, 0.3) is 5.69 Å². The fourth-order valence-electron chi connectivity index (χ4n) is 2.88. The minimum atomic E-state index is -2.63. The van der Waals surface area contributed by atoms with Crippen molar-refractivity contribution in [1.29, 1.82) is 5.26 Å². The summed E-state index contributed by atoms with van der Waals surface area (Å²) in [5.74, 6) is -0.0288. The third-order valence-corrected chi connectivity index (χ3v) is 7.30. The van der Waals surface area contributed by atoms with Gasteiger partial charge in [0.15, 0.2) is 5.69 Å². The number of ether oxygens (including phenoxy) is 2. The fraction of sp³-hybridized carbons (Fsp3) is 0.368. The number of nitrogens with two attached hydrogens (primary N) is 1. The molecule has 0 bridgehead atoms. The molecule has 2 N–H and O–H groups in total. The maximum atomic E-state index is 12.1. The number of carbonyl (C=O) groups excluding carboxylic acids is 1. The quantitative estimate of drug-likeness (QED) is 0.354. The van der Waals surface area contributed by atoms with Crippen LogP contribution in [0.4, 0.5) is 5.69 Å². The smallest absolute Gasteiger partial charge is 0.494 e. The molecule has 10 heteroatoms. The Kier molecular flexibility index (Phi) is 7.80. The number of benzene rings is 1. The number of methoxy groups -OCH3 is 1. The molecule has 156 valence electrons. The van der Waals surface area contributed by atoms with Crippen molar-refractivity contribution >= 4 is 20.5 Å². The zero-order valence-electron chi connectivity index (χ0n) is 16.9. The molecule has 0 atom stereocenters. The van der Waals surface area contributed by atoms with Crippen LogP contribution >= 0.6 is 0 Å². The van der Waals surface area contributed by atoms with E-state index in [9.17, 15) is 10.1 Å². The van der Waals surface area contributed by atoms with E-state index in [1.165, 1.54) is 17.9 Å². The molecule has 2 rings (SSSR count). The zero-order chi connectivity index (χ0) is 21.4. The number of nitrogens with zero attached hydrogens (tertiary/aromatic N) is 2. The van der Waals surface area contributed by atoms with Crippen LogP contribution in [0.2, 0.25) is 6.04 Å². The van der Waals surface area contributed by atoms with E-state index < -0.39 is 14.8 Å². The summed E-state index contributed by atoms with van der Waals surface area (Å²) >= 11 is 0. The first kappa shape index (κ1) is 22.4. The Bertz CT molecular complexity index is 880. The van der Waals surface area contributed by atoms with E-state index >= 15 is 0 Å². The van der Waals surface area contributed by atoms with Gasteiger partial charge in [-0.25, -0.2) is 4.79 Å². The van der Waals surface area contributed by atoms with Crippen LogP contribution < -0.4 is 10.5 Å². The molecular formula is C19H25N3O6Si. The van der Waals surface area contributed by atoms with Crippen LogP contribution in [0.1, 0.15) is 22.5 Å². The largest absolute Gasteiger partial charge is 0.500 e. The van der Waals surface area contributed by atoms with Crippen molar-refractivity contribution in [2.75, 3.05) is 40.8 Å². The van der Waals surface area contributed by atoms with Crippen LogP contribution in [0, 0.1) is 11.3 Å². The van der Waals surface area contributed by atoms with Gasteiger partial charge in [-0.15, -0.1) is 0 Å². The zero-order valence-corrected chi connectivity index (χ0v) is 17.9. The topological polar surface area (TPSA) is 118 Å². The van der Waals surface area contributed by atoms with E-state index in [0.29, 0.717) is 30.5 Å². The molecule has 9 nitrogen and oxygen atoms in total. The number of nitrogen functional groups attached to an aromatic ring is 1. The highest BCUT2D eigenvalue weighted by Gasteiger charge is 2.36. The van der Waals surface area contributed by atoms with Gasteiger partial charge in [0.25, 0.3) is 0 Å². The first-order valence-electron chi connectivity index (χ1n) is 8.83. The van der Waals surface area contributed by atoms with Crippen molar-refractivity contribution in [2.24, 2.45) is 0 Å². The van der Waals surface area contributed by atoms with Crippen molar-refractivity contribution < 1.29 is 27.5 Å². The third-order valence-electron chi connectivity index (χ3n) is 4.47. The van der Waals surface area contributed by atoms with Gasteiger partial charge in [0.2, 0.25) is 0 Å². The maximum absolute atomic E-state index is 12.1. The number of hydrogen-bond acceptors (Lipinski definition) is 8. The molecule has 0 amide bonds. The predicted octanol–water partition coefficient (Wildman–Crippen LogP) is 2.36. The van der Waals surface area contributed by atoms with Crippen molar-refractivity contribution in [3.8, 4) is 17.5 Å². The third kappa shape index (κ3) is 4.96. The molecule has 0 unspecified atom stereocenters. The normalized spacial score (nSPS) is 11.1. The van der Waals surface area contributed by atoms with Crippen LogP contribution in [-0.2, 0) is 18.0 Å². The lowest BCUT2D eigenvalue weighted by atomic mass is 10.2. The second-order valence-corrected chi connectivity index (χ2v) is 9.11. The van der Waals surface area contributed by atoms with E-state index in [1.807, 2.05) is 6.07 Å². The molecule has 1 aromatic carbocycles. The summed E-state index contributed by atoms with van der Waals surface area (Å²) in [5, 5.41) is 9.23. The Balaban J connectivity index is 2.17. The van der Waals surface area contributed by atoms with Gasteiger partial charge in [-0.3, -0.25) is 0 Å². The molecule has 0 saturated carbocycles. The molecule has 0 saturated heterocycles. The van der Waals surface area contributed by atoms with Gasteiger partial charge in [0.05, 0.1) is 25.0 Å². The Morgan fingerprint density at radius 2 is 1.90 bits per heavy atom. The van der Waals surface area contributed by atoms with Crippen LogP contribution in [0.3, 0.4) is 0 Å². The van der Waals surface area contributed by atoms with E-state index in [4.69, 9.17) is 28.5 Å². The highest BCUT2D eigenvalue weighted by atomic mass is 28.4. The SMILES string of the molecule is COC(=O)c1c(N)c(C#N)cn1-c1cccc(OCCC[Si](OC)(OC)OC)c1. The first-order valence-corrected chi connectivity index (χ1v) is 10.8. The minimum absolute atomic E-state index is 0.0747. The molecule has 0 aliphatic heterocycles. The average molecular weight is 420 g/mol. The Labute approximate surface area is 170 Å². The number of nitriles is 1. The molecule has 0 fully saturated rings. The number of hydrogen-bond donors (Lipinski definition) is 1. The Morgan fingerprint density at radius 1 is 1.21 bits per heavy atom. The van der Waals surface area contributed by atoms with Crippen LogP contribution in [-0.4, -0.2) is 54.4 Å². The van der Waals surface area contributed by atoms with Crippen molar-refractivity contribution in [3.63, 3.8) is 0 Å². The fourth-order valence-corrected chi connectivity index (χ4v) is 4.57. The van der Waals surface area contributed by atoms with Gasteiger partial charge < -0.3 is 33.1 Å². The van der Waals surface area contributed by atoms with Gasteiger partial charge in [0.1, 0.15) is 11.8 Å². The maximum Gasteiger partial charge on any atom is 0.500 e. The van der Waals surface area contributed by atoms with Crippen LogP contribution in [0.15, 0.2) is 30.5 Å². The molecule has 0 aliphatic carbocycles. The summed E-state index contributed by atoms with van der Waals surface area (Å²) in [6.07, 6.45) is 2.17.